The number of carbonyl (C=O) groups is 5. The number of halogens is 4. The zero-order chi connectivity index (χ0) is 36.0. The molecule has 3 rings (SSSR count). The standard InChI is InChI=1S/C30H34FN5O5.C2HF3O2/c1-18(34-29(40)24(32)15-20-9-13-23(37)14-10-20)28(39)36-26(17-21-7-11-22(31)12-8-21)30(41)35-25(27(33)38)16-19-5-3-2-4-6-19;3-2(4,5)1(6)7/h2-14,18,24-26,37H,15-17,32H2,1H3,(H2,33,38)(H,34,40)(H,35,41)(H,36,39);(H,6,7). The molecule has 16 heteroatoms. The third-order valence-corrected chi connectivity index (χ3v) is 6.65. The van der Waals surface area contributed by atoms with Crippen LogP contribution in [-0.4, -0.2) is 70.2 Å². The van der Waals surface area contributed by atoms with E-state index in [1.165, 1.54) is 43.3 Å². The average molecular weight is 678 g/mol. The Kier molecular flexibility index (Phi) is 14.5. The van der Waals surface area contributed by atoms with Crippen molar-refractivity contribution in [2.24, 2.45) is 11.5 Å². The number of amides is 4. The van der Waals surface area contributed by atoms with Gasteiger partial charge in [-0.05, 0) is 54.3 Å². The summed E-state index contributed by atoms with van der Waals surface area (Å²) in [5.74, 6) is -5.82. The third-order valence-electron chi connectivity index (χ3n) is 6.65. The number of phenols is 1. The van der Waals surface area contributed by atoms with Crippen molar-refractivity contribution in [3.05, 3.63) is 101 Å². The van der Waals surface area contributed by atoms with Crippen LogP contribution in [0.4, 0.5) is 17.6 Å². The highest BCUT2D eigenvalue weighted by atomic mass is 19.4. The van der Waals surface area contributed by atoms with Crippen molar-refractivity contribution in [3.63, 3.8) is 0 Å². The van der Waals surface area contributed by atoms with E-state index in [-0.39, 0.29) is 25.0 Å². The Morgan fingerprint density at radius 1 is 0.708 bits per heavy atom. The monoisotopic (exact) mass is 677 g/mol. The van der Waals surface area contributed by atoms with Crippen LogP contribution in [-0.2, 0) is 43.2 Å². The Bertz CT molecular complexity index is 1540. The summed E-state index contributed by atoms with van der Waals surface area (Å²) >= 11 is 0. The number of carbonyl (C=O) groups excluding carboxylic acids is 4. The highest BCUT2D eigenvalue weighted by Crippen LogP contribution is 2.13. The number of carboxylic acid groups (broad SMARTS) is 1. The second-order valence-electron chi connectivity index (χ2n) is 10.6. The van der Waals surface area contributed by atoms with Crippen molar-refractivity contribution in [1.29, 1.82) is 0 Å². The first-order chi connectivity index (χ1) is 22.5. The van der Waals surface area contributed by atoms with Gasteiger partial charge in [-0.3, -0.25) is 19.2 Å². The molecule has 0 aliphatic rings. The molecule has 4 unspecified atom stereocenters. The first-order valence-corrected chi connectivity index (χ1v) is 14.3. The number of aliphatic carboxylic acids is 1. The van der Waals surface area contributed by atoms with Crippen molar-refractivity contribution in [1.82, 2.24) is 16.0 Å². The number of hydrogen-bond acceptors (Lipinski definition) is 7. The number of alkyl halides is 3. The minimum atomic E-state index is -5.08. The lowest BCUT2D eigenvalue weighted by Gasteiger charge is -2.24. The zero-order valence-electron chi connectivity index (χ0n) is 25.5. The number of carboxylic acids is 1. The molecule has 0 aromatic heterocycles. The molecule has 0 saturated carbocycles. The Labute approximate surface area is 272 Å². The fraction of sp³-hybridized carbons (Fsp3) is 0.281. The number of aromatic hydroxyl groups is 1. The average Bonchev–Trinajstić information content (AvgIpc) is 3.02. The second-order valence-corrected chi connectivity index (χ2v) is 10.6. The summed E-state index contributed by atoms with van der Waals surface area (Å²) in [7, 11) is 0. The van der Waals surface area contributed by atoms with E-state index in [1.54, 1.807) is 36.4 Å². The first kappa shape index (κ1) is 38.7. The van der Waals surface area contributed by atoms with Gasteiger partial charge in [-0.1, -0.05) is 54.6 Å². The number of phenolic OH excluding ortho intramolecular Hbond substituents is 1. The highest BCUT2D eigenvalue weighted by molar-refractivity contribution is 5.94. The minimum absolute atomic E-state index is 0.0181. The van der Waals surface area contributed by atoms with E-state index < -0.39 is 65.8 Å². The van der Waals surface area contributed by atoms with Gasteiger partial charge in [-0.25, -0.2) is 9.18 Å². The largest absolute Gasteiger partial charge is 0.508 e. The van der Waals surface area contributed by atoms with Gasteiger partial charge in [0, 0.05) is 12.8 Å². The molecule has 48 heavy (non-hydrogen) atoms. The summed E-state index contributed by atoms with van der Waals surface area (Å²) in [5.41, 5.74) is 13.6. The number of hydrogen-bond donors (Lipinski definition) is 7. The van der Waals surface area contributed by atoms with Crippen molar-refractivity contribution < 1.29 is 51.7 Å². The Morgan fingerprint density at radius 3 is 1.69 bits per heavy atom. The minimum Gasteiger partial charge on any atom is -0.508 e. The van der Waals surface area contributed by atoms with Crippen LogP contribution < -0.4 is 27.4 Å². The van der Waals surface area contributed by atoms with Crippen LogP contribution in [0, 0.1) is 5.82 Å². The zero-order valence-corrected chi connectivity index (χ0v) is 25.5. The quantitative estimate of drug-likeness (QED) is 0.131. The van der Waals surface area contributed by atoms with E-state index in [0.717, 1.165) is 11.1 Å². The Hall–Kier alpha value is -5.51. The maximum Gasteiger partial charge on any atom is 0.490 e. The van der Waals surface area contributed by atoms with Gasteiger partial charge < -0.3 is 37.6 Å². The second kappa shape index (κ2) is 18.0. The van der Waals surface area contributed by atoms with Gasteiger partial charge in [-0.15, -0.1) is 0 Å². The molecule has 0 aliphatic heterocycles. The van der Waals surface area contributed by atoms with Crippen LogP contribution in [0.5, 0.6) is 5.75 Å². The summed E-state index contributed by atoms with van der Waals surface area (Å²) in [6.45, 7) is 1.44. The topological polar surface area (TPSA) is 214 Å². The van der Waals surface area contributed by atoms with Crippen LogP contribution in [0.3, 0.4) is 0 Å². The molecule has 9 N–H and O–H groups in total. The smallest absolute Gasteiger partial charge is 0.490 e. The van der Waals surface area contributed by atoms with Crippen LogP contribution in [0.2, 0.25) is 0 Å². The van der Waals surface area contributed by atoms with Crippen molar-refractivity contribution in [2.75, 3.05) is 0 Å². The van der Waals surface area contributed by atoms with Crippen LogP contribution in [0.1, 0.15) is 23.6 Å². The predicted octanol–water partition coefficient (Wildman–Crippen LogP) is 1.48. The summed E-state index contributed by atoms with van der Waals surface area (Å²) in [6, 6.07) is 16.4. The number of nitrogens with one attached hydrogen (secondary N) is 3. The molecule has 0 bridgehead atoms. The Balaban J connectivity index is 0.00000103. The van der Waals surface area contributed by atoms with E-state index in [4.69, 9.17) is 21.4 Å². The van der Waals surface area contributed by atoms with Crippen LogP contribution in [0.25, 0.3) is 0 Å². The molecule has 3 aromatic rings. The van der Waals surface area contributed by atoms with Crippen molar-refractivity contribution in [2.45, 2.75) is 56.5 Å². The molecule has 12 nitrogen and oxygen atoms in total. The third kappa shape index (κ3) is 13.5. The van der Waals surface area contributed by atoms with Gasteiger partial charge in [0.2, 0.25) is 23.6 Å². The molecular formula is C32H35F4N5O7. The lowest BCUT2D eigenvalue weighted by molar-refractivity contribution is -0.192. The summed E-state index contributed by atoms with van der Waals surface area (Å²) < 4.78 is 45.2. The first-order valence-electron chi connectivity index (χ1n) is 14.3. The van der Waals surface area contributed by atoms with Gasteiger partial charge in [0.15, 0.2) is 0 Å². The van der Waals surface area contributed by atoms with Gasteiger partial charge in [0.25, 0.3) is 0 Å². The molecule has 0 fully saturated rings. The van der Waals surface area contributed by atoms with Crippen LogP contribution in [0.15, 0.2) is 78.9 Å². The summed E-state index contributed by atoms with van der Waals surface area (Å²) in [4.78, 5) is 60.0. The predicted molar refractivity (Wildman–Crippen MR) is 164 cm³/mol. The number of primary amides is 1. The van der Waals surface area contributed by atoms with Gasteiger partial charge in [-0.2, -0.15) is 13.2 Å². The molecule has 0 heterocycles. The number of nitrogens with two attached hydrogens (primary N) is 2. The molecule has 0 saturated heterocycles. The molecule has 4 atom stereocenters. The molecule has 0 spiro atoms. The van der Waals surface area contributed by atoms with E-state index in [0.29, 0.717) is 5.56 Å². The summed E-state index contributed by atoms with van der Waals surface area (Å²) in [5, 5.41) is 24.3. The van der Waals surface area contributed by atoms with Crippen molar-refractivity contribution in [3.8, 4) is 5.75 Å². The highest BCUT2D eigenvalue weighted by Gasteiger charge is 2.38. The van der Waals surface area contributed by atoms with Gasteiger partial charge in [0.1, 0.15) is 29.7 Å². The number of benzene rings is 3. The Morgan fingerprint density at radius 2 is 1.17 bits per heavy atom. The maximum atomic E-state index is 13.4. The molecule has 4 amide bonds. The van der Waals surface area contributed by atoms with Crippen molar-refractivity contribution >= 4 is 29.6 Å². The molecule has 0 radical (unpaired) electrons. The lowest BCUT2D eigenvalue weighted by atomic mass is 10.0. The van der Waals surface area contributed by atoms with E-state index >= 15 is 0 Å². The maximum absolute atomic E-state index is 13.4. The van der Waals surface area contributed by atoms with Gasteiger partial charge in [0.05, 0.1) is 6.04 Å². The molecule has 3 aromatic carbocycles. The summed E-state index contributed by atoms with van der Waals surface area (Å²) in [6.07, 6.45) is -4.79. The van der Waals surface area contributed by atoms with E-state index in [2.05, 4.69) is 16.0 Å². The SMILES string of the molecule is CC(NC(=O)C(N)Cc1ccc(O)cc1)C(=O)NC(Cc1ccc(F)cc1)C(=O)NC(Cc1ccccc1)C(N)=O.O=C(O)C(F)(F)F. The molecular weight excluding hydrogens is 642 g/mol. The lowest BCUT2D eigenvalue weighted by Crippen LogP contribution is -2.57. The van der Waals surface area contributed by atoms with Gasteiger partial charge >= 0.3 is 12.1 Å². The molecule has 0 aliphatic carbocycles. The normalized spacial score (nSPS) is 13.4. The number of rotatable bonds is 13. The van der Waals surface area contributed by atoms with Crippen LogP contribution >= 0.6 is 0 Å². The molecule has 258 valence electrons. The fourth-order valence-electron chi connectivity index (χ4n) is 4.07. The van der Waals surface area contributed by atoms with E-state index in [1.807, 2.05) is 6.07 Å². The van der Waals surface area contributed by atoms with E-state index in [9.17, 15) is 41.8 Å². The fourth-order valence-corrected chi connectivity index (χ4v) is 4.07.